The minimum absolute atomic E-state index is 0.0354. The van der Waals surface area contributed by atoms with Crippen molar-refractivity contribution in [1.82, 2.24) is 5.32 Å². The molecule has 4 nitrogen and oxygen atoms in total. The number of benzene rings is 1. The molecule has 0 spiro atoms. The van der Waals surface area contributed by atoms with Crippen LogP contribution >= 0.6 is 0 Å². The van der Waals surface area contributed by atoms with Gasteiger partial charge >= 0.3 is 0 Å². The molecule has 0 fully saturated rings. The lowest BCUT2D eigenvalue weighted by Gasteiger charge is -2.24. The van der Waals surface area contributed by atoms with Crippen LogP contribution in [0, 0.1) is 11.3 Å². The SMILES string of the molecule is CCC(C#N)(CC)NC(=O)c1cccc(O)c1. The highest BCUT2D eigenvalue weighted by atomic mass is 16.3. The molecular weight excluding hydrogens is 216 g/mol. The number of phenolic OH excluding ortho intramolecular Hbond substituents is 1. The summed E-state index contributed by atoms with van der Waals surface area (Å²) in [6.07, 6.45) is 1.09. The van der Waals surface area contributed by atoms with E-state index in [0.29, 0.717) is 18.4 Å². The summed E-state index contributed by atoms with van der Waals surface area (Å²) in [6, 6.07) is 8.20. The van der Waals surface area contributed by atoms with Crippen molar-refractivity contribution >= 4 is 5.91 Å². The maximum atomic E-state index is 11.9. The van der Waals surface area contributed by atoms with Gasteiger partial charge in [0.05, 0.1) is 6.07 Å². The molecule has 4 heteroatoms. The quantitative estimate of drug-likeness (QED) is 0.835. The van der Waals surface area contributed by atoms with Crippen molar-refractivity contribution in [2.75, 3.05) is 0 Å². The van der Waals surface area contributed by atoms with Crippen molar-refractivity contribution in [3.8, 4) is 11.8 Å². The largest absolute Gasteiger partial charge is 0.508 e. The summed E-state index contributed by atoms with van der Waals surface area (Å²) in [5, 5.41) is 21.1. The first-order valence-corrected chi connectivity index (χ1v) is 5.59. The monoisotopic (exact) mass is 232 g/mol. The molecule has 90 valence electrons. The van der Waals surface area contributed by atoms with E-state index >= 15 is 0 Å². The summed E-state index contributed by atoms with van der Waals surface area (Å²) in [7, 11) is 0. The molecule has 17 heavy (non-hydrogen) atoms. The number of rotatable bonds is 4. The van der Waals surface area contributed by atoms with Crippen molar-refractivity contribution in [1.29, 1.82) is 5.26 Å². The van der Waals surface area contributed by atoms with Crippen molar-refractivity contribution in [3.63, 3.8) is 0 Å². The van der Waals surface area contributed by atoms with Gasteiger partial charge in [0, 0.05) is 5.56 Å². The van der Waals surface area contributed by atoms with Gasteiger partial charge in [-0.25, -0.2) is 0 Å². The second-order valence-corrected chi connectivity index (χ2v) is 3.91. The van der Waals surface area contributed by atoms with Gasteiger partial charge in [0.15, 0.2) is 0 Å². The van der Waals surface area contributed by atoms with E-state index < -0.39 is 5.54 Å². The van der Waals surface area contributed by atoms with Gasteiger partial charge in [-0.1, -0.05) is 19.9 Å². The number of hydrogen-bond donors (Lipinski definition) is 2. The molecule has 1 amide bonds. The lowest BCUT2D eigenvalue weighted by atomic mass is 9.94. The first-order chi connectivity index (χ1) is 8.06. The van der Waals surface area contributed by atoms with E-state index in [-0.39, 0.29) is 11.7 Å². The average Bonchev–Trinajstić information content (AvgIpc) is 2.36. The Labute approximate surface area is 101 Å². The number of carbonyl (C=O) groups is 1. The number of amides is 1. The standard InChI is InChI=1S/C13H16N2O2/c1-3-13(4-2,9-14)15-12(17)10-6-5-7-11(16)8-10/h5-8,16H,3-4H2,1-2H3,(H,15,17). The Bertz CT molecular complexity index is 445. The number of nitrogens with one attached hydrogen (secondary N) is 1. The maximum Gasteiger partial charge on any atom is 0.252 e. The van der Waals surface area contributed by atoms with Crippen LogP contribution in [0.15, 0.2) is 24.3 Å². The normalized spacial score (nSPS) is 10.6. The van der Waals surface area contributed by atoms with Gasteiger partial charge in [0.2, 0.25) is 0 Å². The van der Waals surface area contributed by atoms with Crippen LogP contribution in [-0.4, -0.2) is 16.6 Å². The van der Waals surface area contributed by atoms with Gasteiger partial charge < -0.3 is 10.4 Å². The lowest BCUT2D eigenvalue weighted by Crippen LogP contribution is -2.46. The Morgan fingerprint density at radius 1 is 1.47 bits per heavy atom. The molecule has 0 aliphatic rings. The summed E-state index contributed by atoms with van der Waals surface area (Å²) < 4.78 is 0. The van der Waals surface area contributed by atoms with E-state index in [2.05, 4.69) is 11.4 Å². The molecule has 0 saturated heterocycles. The molecule has 0 heterocycles. The molecule has 2 N–H and O–H groups in total. The Kier molecular flexibility index (Phi) is 4.11. The van der Waals surface area contributed by atoms with Crippen LogP contribution in [0.1, 0.15) is 37.0 Å². The summed E-state index contributed by atoms with van der Waals surface area (Å²) in [5.74, 6) is -0.306. The van der Waals surface area contributed by atoms with E-state index in [1.807, 2.05) is 13.8 Å². The summed E-state index contributed by atoms with van der Waals surface area (Å²) >= 11 is 0. The Morgan fingerprint density at radius 2 is 2.12 bits per heavy atom. The van der Waals surface area contributed by atoms with Crippen molar-refractivity contribution in [2.24, 2.45) is 0 Å². The maximum absolute atomic E-state index is 11.9. The molecule has 1 aromatic carbocycles. The molecule has 0 unspecified atom stereocenters. The number of phenols is 1. The first-order valence-electron chi connectivity index (χ1n) is 5.59. The highest BCUT2D eigenvalue weighted by Gasteiger charge is 2.28. The molecular formula is C13H16N2O2. The van der Waals surface area contributed by atoms with Gasteiger partial charge in [-0.05, 0) is 31.0 Å². The van der Waals surface area contributed by atoms with Crippen molar-refractivity contribution < 1.29 is 9.90 Å². The van der Waals surface area contributed by atoms with Gasteiger partial charge in [-0.15, -0.1) is 0 Å². The molecule has 1 rings (SSSR count). The molecule has 0 bridgehead atoms. The minimum atomic E-state index is -0.831. The van der Waals surface area contributed by atoms with Crippen LogP contribution in [0.3, 0.4) is 0 Å². The fraction of sp³-hybridized carbons (Fsp3) is 0.385. The molecule has 0 aliphatic carbocycles. The van der Waals surface area contributed by atoms with Crippen LogP contribution in [0.2, 0.25) is 0 Å². The summed E-state index contributed by atoms with van der Waals surface area (Å²) in [4.78, 5) is 11.9. The Hall–Kier alpha value is -2.02. The third kappa shape index (κ3) is 2.97. The van der Waals surface area contributed by atoms with Gasteiger partial charge in [0.1, 0.15) is 11.3 Å². The highest BCUT2D eigenvalue weighted by molar-refractivity contribution is 5.95. The van der Waals surface area contributed by atoms with E-state index in [4.69, 9.17) is 5.26 Å². The minimum Gasteiger partial charge on any atom is -0.508 e. The molecule has 0 aliphatic heterocycles. The van der Waals surface area contributed by atoms with E-state index in [0.717, 1.165) is 0 Å². The lowest BCUT2D eigenvalue weighted by molar-refractivity contribution is 0.0915. The molecule has 0 atom stereocenters. The number of hydrogen-bond acceptors (Lipinski definition) is 3. The van der Waals surface area contributed by atoms with E-state index in [1.54, 1.807) is 12.1 Å². The van der Waals surface area contributed by atoms with Crippen LogP contribution < -0.4 is 5.32 Å². The van der Waals surface area contributed by atoms with Crippen molar-refractivity contribution in [3.05, 3.63) is 29.8 Å². The van der Waals surface area contributed by atoms with Crippen LogP contribution in [-0.2, 0) is 0 Å². The topological polar surface area (TPSA) is 73.1 Å². The Morgan fingerprint density at radius 3 is 2.59 bits per heavy atom. The van der Waals surface area contributed by atoms with Crippen LogP contribution in [0.4, 0.5) is 0 Å². The van der Waals surface area contributed by atoms with E-state index in [9.17, 15) is 9.90 Å². The average molecular weight is 232 g/mol. The predicted molar refractivity (Wildman–Crippen MR) is 64.5 cm³/mol. The third-order valence-corrected chi connectivity index (χ3v) is 2.88. The first kappa shape index (κ1) is 13.0. The fourth-order valence-corrected chi connectivity index (χ4v) is 1.55. The zero-order valence-electron chi connectivity index (χ0n) is 10.0. The molecule has 1 aromatic rings. The third-order valence-electron chi connectivity index (χ3n) is 2.88. The highest BCUT2D eigenvalue weighted by Crippen LogP contribution is 2.16. The number of carbonyl (C=O) groups excluding carboxylic acids is 1. The number of nitriles is 1. The summed E-state index contributed by atoms with van der Waals surface area (Å²) in [5.41, 5.74) is -0.478. The summed E-state index contributed by atoms with van der Waals surface area (Å²) in [6.45, 7) is 3.71. The predicted octanol–water partition coefficient (Wildman–Crippen LogP) is 2.20. The van der Waals surface area contributed by atoms with Gasteiger partial charge in [0.25, 0.3) is 5.91 Å². The smallest absolute Gasteiger partial charge is 0.252 e. The second kappa shape index (κ2) is 5.35. The fourth-order valence-electron chi connectivity index (χ4n) is 1.55. The van der Waals surface area contributed by atoms with Crippen molar-refractivity contribution in [2.45, 2.75) is 32.2 Å². The van der Waals surface area contributed by atoms with Gasteiger partial charge in [-0.2, -0.15) is 5.26 Å². The molecule has 0 aromatic heterocycles. The second-order valence-electron chi connectivity index (χ2n) is 3.91. The zero-order valence-corrected chi connectivity index (χ0v) is 10.0. The number of aromatic hydroxyl groups is 1. The number of nitrogens with zero attached hydrogens (tertiary/aromatic N) is 1. The zero-order chi connectivity index (χ0) is 12.9. The van der Waals surface area contributed by atoms with Gasteiger partial charge in [-0.3, -0.25) is 4.79 Å². The molecule has 0 radical (unpaired) electrons. The van der Waals surface area contributed by atoms with Crippen LogP contribution in [0.25, 0.3) is 0 Å². The molecule has 0 saturated carbocycles. The van der Waals surface area contributed by atoms with Crippen LogP contribution in [0.5, 0.6) is 5.75 Å². The van der Waals surface area contributed by atoms with E-state index in [1.165, 1.54) is 12.1 Å². The Balaban J connectivity index is 2.89.